The predicted molar refractivity (Wildman–Crippen MR) is 252 cm³/mol. The zero-order chi connectivity index (χ0) is 40.0. The van der Waals surface area contributed by atoms with Crippen molar-refractivity contribution in [1.29, 1.82) is 0 Å². The molecule has 1 heterocycles. The van der Waals surface area contributed by atoms with Crippen molar-refractivity contribution in [1.82, 2.24) is 4.98 Å². The third-order valence-electron chi connectivity index (χ3n) is 13.1. The lowest BCUT2D eigenvalue weighted by atomic mass is 9.82. The molecule has 0 atom stereocenters. The Morgan fingerprint density at radius 1 is 0.367 bits per heavy atom. The molecule has 282 valence electrons. The second-order valence-corrected chi connectivity index (χ2v) is 16.7. The van der Waals surface area contributed by atoms with Crippen LogP contribution in [0, 0.1) is 0 Å². The normalized spacial score (nSPS) is 13.0. The summed E-state index contributed by atoms with van der Waals surface area (Å²) in [5.74, 6) is 0. The van der Waals surface area contributed by atoms with E-state index in [0.29, 0.717) is 0 Å². The summed E-state index contributed by atoms with van der Waals surface area (Å²) < 4.78 is 0. The van der Waals surface area contributed by atoms with E-state index in [1.807, 2.05) is 18.5 Å². The van der Waals surface area contributed by atoms with Crippen LogP contribution in [0.15, 0.2) is 207 Å². The molecule has 0 N–H and O–H groups in total. The van der Waals surface area contributed by atoms with Crippen LogP contribution in [-0.2, 0) is 5.41 Å². The maximum Gasteiger partial charge on any atom is 0.0644 e. The van der Waals surface area contributed by atoms with E-state index in [9.17, 15) is 0 Å². The fourth-order valence-electron chi connectivity index (χ4n) is 10.4. The van der Waals surface area contributed by atoms with E-state index < -0.39 is 0 Å². The molecule has 0 radical (unpaired) electrons. The molecule has 10 aromatic rings. The summed E-state index contributed by atoms with van der Waals surface area (Å²) in [5.41, 5.74) is 21.2. The van der Waals surface area contributed by atoms with Crippen molar-refractivity contribution < 1.29 is 0 Å². The molecule has 1 aromatic heterocycles. The quantitative estimate of drug-likeness (QED) is 0.168. The molecule has 0 spiro atoms. The Kier molecular flexibility index (Phi) is 7.61. The van der Waals surface area contributed by atoms with Crippen molar-refractivity contribution in [3.63, 3.8) is 0 Å². The van der Waals surface area contributed by atoms with E-state index in [0.717, 1.165) is 17.1 Å². The van der Waals surface area contributed by atoms with Gasteiger partial charge in [-0.25, -0.2) is 0 Å². The van der Waals surface area contributed by atoms with E-state index >= 15 is 0 Å². The highest BCUT2D eigenvalue weighted by Crippen LogP contribution is 2.58. The molecule has 2 aliphatic carbocycles. The summed E-state index contributed by atoms with van der Waals surface area (Å²) in [6, 6.07) is 71.5. The number of anilines is 3. The second-order valence-electron chi connectivity index (χ2n) is 16.7. The fraction of sp³-hybridized carbons (Fsp3) is 0.0517. The molecule has 0 bridgehead atoms. The number of rotatable bonds is 6. The van der Waals surface area contributed by atoms with Crippen molar-refractivity contribution >= 4 is 38.6 Å². The number of pyridine rings is 1. The van der Waals surface area contributed by atoms with Gasteiger partial charge in [0.1, 0.15) is 0 Å². The maximum absolute atomic E-state index is 4.56. The average Bonchev–Trinajstić information content (AvgIpc) is 3.75. The molecule has 60 heavy (non-hydrogen) atoms. The number of aromatic nitrogens is 1. The van der Waals surface area contributed by atoms with Crippen LogP contribution in [0.4, 0.5) is 17.1 Å². The Bertz CT molecular complexity index is 3220. The Morgan fingerprint density at radius 2 is 0.917 bits per heavy atom. The molecule has 2 nitrogen and oxygen atoms in total. The van der Waals surface area contributed by atoms with Crippen molar-refractivity contribution in [2.75, 3.05) is 4.90 Å². The molecule has 0 saturated carbocycles. The smallest absolute Gasteiger partial charge is 0.0644 e. The van der Waals surface area contributed by atoms with Crippen molar-refractivity contribution in [3.05, 3.63) is 218 Å². The monoisotopic (exact) mass is 764 g/mol. The first-order valence-electron chi connectivity index (χ1n) is 20.9. The SMILES string of the molecule is CC1(C)c2ccccc2-c2ccc(N(c3ccc(-c4ccc5c6c(cccc46)-c4c-5c(-c5ccccc5)c5ccccc5c4-c4ccccc4)cc3)c3cccnc3)cc21. The standard InChI is InChI=1S/C58H40N2/c1-58(2)51-25-12-11-20-44(51)45-31-30-41(35-52(45)58)60(42-19-14-34-59-36-42)40-28-26-37(27-29-40)43-32-33-50-55-46(43)23-13-24-49(55)56-53(38-15-5-3-6-16-38)47-21-9-10-22-48(47)54(57(50)56)39-17-7-4-8-18-39/h3-36H,1-2H3. The highest BCUT2D eigenvalue weighted by Gasteiger charge is 2.36. The maximum atomic E-state index is 4.56. The van der Waals surface area contributed by atoms with Gasteiger partial charge in [-0.1, -0.05) is 172 Å². The Hall–Kier alpha value is -7.55. The highest BCUT2D eigenvalue weighted by molar-refractivity contribution is 6.28. The van der Waals surface area contributed by atoms with Gasteiger partial charge in [0.2, 0.25) is 0 Å². The summed E-state index contributed by atoms with van der Waals surface area (Å²) >= 11 is 0. The van der Waals surface area contributed by atoms with E-state index in [-0.39, 0.29) is 5.41 Å². The summed E-state index contributed by atoms with van der Waals surface area (Å²) in [7, 11) is 0. The zero-order valence-corrected chi connectivity index (χ0v) is 33.5. The van der Waals surface area contributed by atoms with E-state index in [4.69, 9.17) is 0 Å². The van der Waals surface area contributed by atoms with Crippen LogP contribution in [0.2, 0.25) is 0 Å². The minimum absolute atomic E-state index is 0.0989. The predicted octanol–water partition coefficient (Wildman–Crippen LogP) is 15.8. The lowest BCUT2D eigenvalue weighted by Crippen LogP contribution is -2.16. The van der Waals surface area contributed by atoms with Gasteiger partial charge in [-0.05, 0) is 136 Å². The number of hydrogen-bond donors (Lipinski definition) is 0. The van der Waals surface area contributed by atoms with E-state index in [1.54, 1.807) is 0 Å². The van der Waals surface area contributed by atoms with Gasteiger partial charge in [0.15, 0.2) is 0 Å². The molecular formula is C58H40N2. The fourth-order valence-corrected chi connectivity index (χ4v) is 10.4. The summed E-state index contributed by atoms with van der Waals surface area (Å²) in [4.78, 5) is 6.89. The van der Waals surface area contributed by atoms with Crippen molar-refractivity contribution in [2.45, 2.75) is 19.3 Å². The summed E-state index contributed by atoms with van der Waals surface area (Å²) in [6.45, 7) is 4.68. The highest BCUT2D eigenvalue weighted by atomic mass is 15.1. The number of fused-ring (bicyclic) bond motifs is 7. The lowest BCUT2D eigenvalue weighted by molar-refractivity contribution is 0.660. The molecule has 2 heteroatoms. The molecule has 12 rings (SSSR count). The third-order valence-corrected chi connectivity index (χ3v) is 13.1. The molecule has 2 aliphatic rings. The largest absolute Gasteiger partial charge is 0.309 e. The average molecular weight is 765 g/mol. The van der Waals surface area contributed by atoms with Gasteiger partial charge in [-0.3, -0.25) is 4.98 Å². The first-order valence-corrected chi connectivity index (χ1v) is 20.9. The van der Waals surface area contributed by atoms with Crippen LogP contribution in [0.5, 0.6) is 0 Å². The molecule has 0 saturated heterocycles. The zero-order valence-electron chi connectivity index (χ0n) is 33.5. The second kappa shape index (κ2) is 13.2. The van der Waals surface area contributed by atoms with Gasteiger partial charge in [-0.2, -0.15) is 0 Å². The molecule has 0 amide bonds. The number of nitrogens with zero attached hydrogens (tertiary/aromatic N) is 2. The first-order chi connectivity index (χ1) is 29.6. The van der Waals surface area contributed by atoms with Crippen LogP contribution in [0.3, 0.4) is 0 Å². The minimum Gasteiger partial charge on any atom is -0.309 e. The molecule has 0 fully saturated rings. The molecule has 0 aliphatic heterocycles. The summed E-state index contributed by atoms with van der Waals surface area (Å²) in [5, 5.41) is 5.13. The number of benzene rings is 9. The minimum atomic E-state index is -0.0989. The third kappa shape index (κ3) is 5.04. The molecule has 9 aromatic carbocycles. The van der Waals surface area contributed by atoms with E-state index in [1.165, 1.54) is 99.4 Å². The number of hydrogen-bond acceptors (Lipinski definition) is 2. The molecule has 0 unspecified atom stereocenters. The Morgan fingerprint density at radius 3 is 1.60 bits per heavy atom. The first kappa shape index (κ1) is 34.5. The van der Waals surface area contributed by atoms with Crippen LogP contribution in [-0.4, -0.2) is 4.98 Å². The van der Waals surface area contributed by atoms with Crippen LogP contribution < -0.4 is 4.90 Å². The van der Waals surface area contributed by atoms with Gasteiger partial charge in [0.05, 0.1) is 11.9 Å². The van der Waals surface area contributed by atoms with Gasteiger partial charge in [0.25, 0.3) is 0 Å². The lowest BCUT2D eigenvalue weighted by Gasteiger charge is -2.28. The van der Waals surface area contributed by atoms with Gasteiger partial charge >= 0.3 is 0 Å². The Labute approximate surface area is 350 Å². The van der Waals surface area contributed by atoms with Crippen molar-refractivity contribution in [3.8, 4) is 66.8 Å². The van der Waals surface area contributed by atoms with E-state index in [2.05, 4.69) is 212 Å². The van der Waals surface area contributed by atoms with Gasteiger partial charge < -0.3 is 4.90 Å². The van der Waals surface area contributed by atoms with Crippen LogP contribution >= 0.6 is 0 Å². The summed E-state index contributed by atoms with van der Waals surface area (Å²) in [6.07, 6.45) is 3.80. The molecular weight excluding hydrogens is 725 g/mol. The van der Waals surface area contributed by atoms with Crippen molar-refractivity contribution in [2.24, 2.45) is 0 Å². The van der Waals surface area contributed by atoms with Gasteiger partial charge in [-0.15, -0.1) is 0 Å². The van der Waals surface area contributed by atoms with Gasteiger partial charge in [0, 0.05) is 23.0 Å². The van der Waals surface area contributed by atoms with Crippen LogP contribution in [0.1, 0.15) is 25.0 Å². The Balaban J connectivity index is 1.02. The van der Waals surface area contributed by atoms with Crippen LogP contribution in [0.25, 0.3) is 88.3 Å². The topological polar surface area (TPSA) is 16.1 Å².